The Hall–Kier alpha value is -2.28. The summed E-state index contributed by atoms with van der Waals surface area (Å²) in [6.45, 7) is 6.49. The molecule has 6 nitrogen and oxygen atoms in total. The quantitative estimate of drug-likeness (QED) is 0.794. The van der Waals surface area contributed by atoms with Crippen LogP contribution >= 0.6 is 11.8 Å². The molecule has 1 aromatic carbocycles. The van der Waals surface area contributed by atoms with Gasteiger partial charge in [0.25, 0.3) is 0 Å². The van der Waals surface area contributed by atoms with Gasteiger partial charge in [-0.05, 0) is 32.9 Å². The van der Waals surface area contributed by atoms with Crippen LogP contribution in [0.15, 0.2) is 29.2 Å². The largest absolute Gasteiger partial charge is 0.478 e. The number of aromatic carboxylic acids is 1. The first-order valence-electron chi connectivity index (χ1n) is 7.23. The fourth-order valence-corrected chi connectivity index (χ4v) is 3.12. The number of aryl methyl sites for hydroxylation is 2. The van der Waals surface area contributed by atoms with Crippen LogP contribution in [0.3, 0.4) is 0 Å². The van der Waals surface area contributed by atoms with E-state index in [2.05, 4.69) is 10.4 Å². The van der Waals surface area contributed by atoms with Crippen molar-refractivity contribution >= 4 is 29.3 Å². The molecule has 0 saturated carbocycles. The minimum Gasteiger partial charge on any atom is -0.478 e. The second kappa shape index (κ2) is 7.32. The number of amides is 1. The number of carboxylic acid groups (broad SMARTS) is 1. The number of hydrogen-bond donors (Lipinski definition) is 2. The lowest BCUT2D eigenvalue weighted by molar-refractivity contribution is -0.113. The van der Waals surface area contributed by atoms with Crippen molar-refractivity contribution in [2.75, 3.05) is 11.1 Å². The van der Waals surface area contributed by atoms with Crippen molar-refractivity contribution in [1.29, 1.82) is 0 Å². The monoisotopic (exact) mass is 333 g/mol. The number of rotatable bonds is 6. The number of hydrogen-bond acceptors (Lipinski definition) is 4. The Morgan fingerprint density at radius 1 is 1.30 bits per heavy atom. The van der Waals surface area contributed by atoms with Crippen molar-refractivity contribution in [1.82, 2.24) is 9.78 Å². The summed E-state index contributed by atoms with van der Waals surface area (Å²) >= 11 is 1.21. The molecule has 0 unspecified atom stereocenters. The number of aromatic nitrogens is 2. The normalized spacial score (nSPS) is 10.6. The van der Waals surface area contributed by atoms with E-state index in [0.717, 1.165) is 23.6 Å². The number of anilines is 1. The van der Waals surface area contributed by atoms with Gasteiger partial charge >= 0.3 is 5.97 Å². The maximum absolute atomic E-state index is 12.2. The number of carbonyl (C=O) groups is 2. The molecule has 0 saturated heterocycles. The molecule has 2 rings (SSSR count). The number of nitrogens with one attached hydrogen (secondary N) is 1. The van der Waals surface area contributed by atoms with Crippen LogP contribution in [0.2, 0.25) is 0 Å². The molecule has 7 heteroatoms. The molecule has 0 aliphatic rings. The first-order valence-corrected chi connectivity index (χ1v) is 8.21. The molecule has 1 amide bonds. The molecule has 1 heterocycles. The van der Waals surface area contributed by atoms with Gasteiger partial charge in [-0.15, -0.1) is 11.8 Å². The average molecular weight is 333 g/mol. The van der Waals surface area contributed by atoms with E-state index in [9.17, 15) is 9.59 Å². The van der Waals surface area contributed by atoms with Crippen molar-refractivity contribution in [3.8, 4) is 0 Å². The molecule has 0 fully saturated rings. The number of thioether (sulfide) groups is 1. The zero-order chi connectivity index (χ0) is 17.0. The van der Waals surface area contributed by atoms with Gasteiger partial charge in [-0.3, -0.25) is 9.48 Å². The summed E-state index contributed by atoms with van der Waals surface area (Å²) in [5, 5.41) is 16.4. The Balaban J connectivity index is 2.04. The smallest absolute Gasteiger partial charge is 0.336 e. The van der Waals surface area contributed by atoms with Crippen LogP contribution in [0.5, 0.6) is 0 Å². The maximum atomic E-state index is 12.2. The van der Waals surface area contributed by atoms with Gasteiger partial charge in [-0.25, -0.2) is 4.79 Å². The van der Waals surface area contributed by atoms with Crippen molar-refractivity contribution in [3.05, 3.63) is 41.2 Å². The first-order chi connectivity index (χ1) is 10.9. The molecular formula is C16H19N3O3S. The Labute approximate surface area is 138 Å². The van der Waals surface area contributed by atoms with E-state index >= 15 is 0 Å². The number of carbonyl (C=O) groups excluding carboxylic acids is 1. The summed E-state index contributed by atoms with van der Waals surface area (Å²) in [4.78, 5) is 23.9. The standard InChI is InChI=1S/C16H19N3O3S/c1-4-19-11(3)15(10(2)18-19)17-14(20)9-23-13-8-6-5-7-12(13)16(21)22/h5-8H,4,9H2,1-3H3,(H,17,20)(H,21,22). The Morgan fingerprint density at radius 2 is 2.00 bits per heavy atom. The molecule has 2 N–H and O–H groups in total. The van der Waals surface area contributed by atoms with E-state index in [1.807, 2.05) is 25.5 Å². The van der Waals surface area contributed by atoms with Crippen LogP contribution in [0.1, 0.15) is 28.7 Å². The summed E-state index contributed by atoms with van der Waals surface area (Å²) < 4.78 is 1.83. The highest BCUT2D eigenvalue weighted by molar-refractivity contribution is 8.00. The van der Waals surface area contributed by atoms with Crippen molar-refractivity contribution < 1.29 is 14.7 Å². The minimum absolute atomic E-state index is 0.139. The highest BCUT2D eigenvalue weighted by Gasteiger charge is 2.15. The van der Waals surface area contributed by atoms with Crippen LogP contribution in [0.4, 0.5) is 5.69 Å². The fourth-order valence-electron chi connectivity index (χ4n) is 2.27. The van der Waals surface area contributed by atoms with Gasteiger partial charge in [0.15, 0.2) is 0 Å². The summed E-state index contributed by atoms with van der Waals surface area (Å²) in [5.74, 6) is -1.04. The lowest BCUT2D eigenvalue weighted by Crippen LogP contribution is -2.15. The molecule has 0 aliphatic heterocycles. The molecule has 0 atom stereocenters. The third-order valence-electron chi connectivity index (χ3n) is 3.42. The Kier molecular flexibility index (Phi) is 5.44. The zero-order valence-electron chi connectivity index (χ0n) is 13.3. The zero-order valence-corrected chi connectivity index (χ0v) is 14.1. The van der Waals surface area contributed by atoms with Crippen molar-refractivity contribution in [3.63, 3.8) is 0 Å². The third-order valence-corrected chi connectivity index (χ3v) is 4.50. The van der Waals surface area contributed by atoms with Gasteiger partial charge in [0.1, 0.15) is 0 Å². The molecule has 0 spiro atoms. The van der Waals surface area contributed by atoms with Crippen LogP contribution in [0.25, 0.3) is 0 Å². The lowest BCUT2D eigenvalue weighted by Gasteiger charge is -2.07. The SMILES string of the molecule is CCn1nc(C)c(NC(=O)CSc2ccccc2C(=O)O)c1C. The summed E-state index contributed by atoms with van der Waals surface area (Å²) in [6.07, 6.45) is 0. The maximum Gasteiger partial charge on any atom is 0.336 e. The predicted molar refractivity (Wildman–Crippen MR) is 90.1 cm³/mol. The second-order valence-corrected chi connectivity index (χ2v) is 6.02. The van der Waals surface area contributed by atoms with Crippen molar-refractivity contribution in [2.24, 2.45) is 0 Å². The number of benzene rings is 1. The summed E-state index contributed by atoms with van der Waals surface area (Å²) in [5.41, 5.74) is 2.61. The molecule has 0 aliphatic carbocycles. The molecule has 122 valence electrons. The van der Waals surface area contributed by atoms with Crippen LogP contribution in [-0.2, 0) is 11.3 Å². The first kappa shape index (κ1) is 17.1. The van der Waals surface area contributed by atoms with E-state index in [1.54, 1.807) is 18.2 Å². The molecular weight excluding hydrogens is 314 g/mol. The van der Waals surface area contributed by atoms with Gasteiger partial charge in [0.05, 0.1) is 28.4 Å². The molecule has 0 bridgehead atoms. The van der Waals surface area contributed by atoms with Gasteiger partial charge in [-0.1, -0.05) is 12.1 Å². The van der Waals surface area contributed by atoms with Crippen LogP contribution in [-0.4, -0.2) is 32.5 Å². The van der Waals surface area contributed by atoms with Gasteiger partial charge < -0.3 is 10.4 Å². The molecule has 2 aromatic rings. The fraction of sp³-hybridized carbons (Fsp3) is 0.312. The van der Waals surface area contributed by atoms with Crippen LogP contribution in [0, 0.1) is 13.8 Å². The highest BCUT2D eigenvalue weighted by atomic mass is 32.2. The molecule has 23 heavy (non-hydrogen) atoms. The van der Waals surface area contributed by atoms with E-state index in [4.69, 9.17) is 5.11 Å². The Morgan fingerprint density at radius 3 is 2.61 bits per heavy atom. The average Bonchev–Trinajstić information content (AvgIpc) is 2.80. The van der Waals surface area contributed by atoms with E-state index in [0.29, 0.717) is 4.90 Å². The summed E-state index contributed by atoms with van der Waals surface area (Å²) in [7, 11) is 0. The van der Waals surface area contributed by atoms with Crippen LogP contribution < -0.4 is 5.32 Å². The van der Waals surface area contributed by atoms with E-state index < -0.39 is 5.97 Å². The minimum atomic E-state index is -0.996. The molecule has 0 radical (unpaired) electrons. The molecule has 1 aromatic heterocycles. The van der Waals surface area contributed by atoms with E-state index in [-0.39, 0.29) is 17.2 Å². The lowest BCUT2D eigenvalue weighted by atomic mass is 10.2. The third kappa shape index (κ3) is 3.92. The van der Waals surface area contributed by atoms with Gasteiger partial charge in [0.2, 0.25) is 5.91 Å². The second-order valence-electron chi connectivity index (χ2n) is 5.00. The number of carboxylic acids is 1. The number of nitrogens with zero attached hydrogens (tertiary/aromatic N) is 2. The van der Waals surface area contributed by atoms with Gasteiger partial charge in [-0.2, -0.15) is 5.10 Å². The summed E-state index contributed by atoms with van der Waals surface area (Å²) in [6, 6.07) is 6.65. The van der Waals surface area contributed by atoms with E-state index in [1.165, 1.54) is 17.8 Å². The van der Waals surface area contributed by atoms with Crippen molar-refractivity contribution in [2.45, 2.75) is 32.2 Å². The predicted octanol–water partition coefficient (Wildman–Crippen LogP) is 2.95. The van der Waals surface area contributed by atoms with Gasteiger partial charge in [0, 0.05) is 11.4 Å². The topological polar surface area (TPSA) is 84.2 Å². The highest BCUT2D eigenvalue weighted by Crippen LogP contribution is 2.24. The Bertz CT molecular complexity index is 740.